The van der Waals surface area contributed by atoms with Crippen LogP contribution < -0.4 is 55.4 Å². The molecule has 0 saturated carbocycles. The van der Waals surface area contributed by atoms with Crippen LogP contribution in [-0.2, 0) is 28.2 Å². The number of aromatic nitrogens is 12. The standard InChI is InChI=1S/C23H15F3N4O3.2C22H15ClF3N3O3.C22H16F3N3O2S/c1-29-13-16(12-28-29)20-14-30(17-4-8-19(9-5-17)33-23(24,25)26)22(31)10-21(20)32-18-6-2-15(11-27)3-7-18;1-28-12-14(11-27-28)19-13-29(16-5-7-17(8-6-16)32-22(24,25)26)21(30)10-20(19)31-18-4-2-3-15(23)9-18;1-28-12-14(11-27-28)17-13-29(15-6-8-16(9-7-15)32-22(24,25)26)21(30)10-20(17)31-19-5-3-2-4-18(19)23;1-27-13-15(12-26-27)19-14-28(16-7-9-17(10-8-16)30-22(23,24)25)21(29)11-20(19)31-18-5-3-2-4-6-18/h2-10,12-14H,1H3;2*2-13H,1H3;2-14H,1H3. The minimum atomic E-state index is -4.81. The Balaban J connectivity index is 0.000000146. The summed E-state index contributed by atoms with van der Waals surface area (Å²) in [5, 5.41) is 26.5. The smallest absolute Gasteiger partial charge is 0.456 e. The van der Waals surface area contributed by atoms with Crippen molar-refractivity contribution in [2.24, 2.45) is 28.2 Å². The number of pyridine rings is 4. The molecule has 652 valence electrons. The molecule has 39 heteroatoms. The molecule has 0 aliphatic heterocycles. The van der Waals surface area contributed by atoms with Gasteiger partial charge in [0.15, 0.2) is 0 Å². The number of benzene rings is 8. The quantitative estimate of drug-likeness (QED) is 0.0643. The molecule has 8 aromatic heterocycles. The average molecular weight is 1820 g/mol. The van der Waals surface area contributed by atoms with Crippen LogP contribution in [0.5, 0.6) is 57.5 Å². The van der Waals surface area contributed by atoms with Gasteiger partial charge in [-0.3, -0.25) is 56.2 Å². The van der Waals surface area contributed by atoms with Crippen molar-refractivity contribution < 1.29 is 85.8 Å². The van der Waals surface area contributed by atoms with Gasteiger partial charge in [0.1, 0.15) is 57.5 Å². The number of hydrogen-bond acceptors (Lipinski definition) is 17. The highest BCUT2D eigenvalue weighted by molar-refractivity contribution is 7.99. The van der Waals surface area contributed by atoms with Gasteiger partial charge in [-0.25, -0.2) is 0 Å². The second-order valence-electron chi connectivity index (χ2n) is 27.1. The van der Waals surface area contributed by atoms with Crippen LogP contribution in [0.15, 0.2) is 328 Å². The van der Waals surface area contributed by atoms with E-state index in [1.54, 1.807) is 175 Å². The molecule has 0 atom stereocenters. The van der Waals surface area contributed by atoms with E-state index in [2.05, 4.69) is 39.3 Å². The average Bonchev–Trinajstić information content (AvgIpc) is 1.26. The van der Waals surface area contributed by atoms with Crippen molar-refractivity contribution >= 4 is 35.0 Å². The van der Waals surface area contributed by atoms with Gasteiger partial charge in [-0.2, -0.15) is 25.7 Å². The first-order chi connectivity index (χ1) is 60.9. The van der Waals surface area contributed by atoms with Gasteiger partial charge in [-0.1, -0.05) is 71.4 Å². The van der Waals surface area contributed by atoms with Crippen molar-refractivity contribution in [2.45, 2.75) is 35.2 Å². The van der Waals surface area contributed by atoms with E-state index < -0.39 is 47.9 Å². The number of halogens is 14. The molecule has 0 bridgehead atoms. The summed E-state index contributed by atoms with van der Waals surface area (Å²) in [7, 11) is 7.02. The Morgan fingerprint density at radius 2 is 0.648 bits per heavy atom. The number of alkyl halides is 12. The predicted molar refractivity (Wildman–Crippen MR) is 449 cm³/mol. The lowest BCUT2D eigenvalue weighted by Gasteiger charge is -2.15. The van der Waals surface area contributed by atoms with Crippen molar-refractivity contribution in [1.29, 1.82) is 5.26 Å². The topological polar surface area (TPSA) is 248 Å². The molecule has 128 heavy (non-hydrogen) atoms. The molecule has 8 heterocycles. The third-order valence-electron chi connectivity index (χ3n) is 17.8. The van der Waals surface area contributed by atoms with E-state index in [-0.39, 0.29) is 40.1 Å². The maximum Gasteiger partial charge on any atom is 0.573 e. The molecule has 0 aliphatic rings. The van der Waals surface area contributed by atoms with Crippen LogP contribution in [0.25, 0.3) is 67.3 Å². The third-order valence-corrected chi connectivity index (χ3v) is 19.4. The summed E-state index contributed by atoms with van der Waals surface area (Å²) in [5.41, 5.74) is 5.45. The Morgan fingerprint density at radius 1 is 0.328 bits per heavy atom. The Morgan fingerprint density at radius 3 is 0.984 bits per heavy atom. The number of hydrogen-bond donors (Lipinski definition) is 0. The zero-order chi connectivity index (χ0) is 91.4. The van der Waals surface area contributed by atoms with Gasteiger partial charge in [-0.05, 0) is 164 Å². The molecule has 0 radical (unpaired) electrons. The SMILES string of the molecule is Cn1cc(-c2cn(-c3ccc(OC(F)(F)F)cc3)c(=O)cc2Oc2ccc(C#N)cc2)cn1.Cn1cc(-c2cn(-c3ccc(OC(F)(F)F)cc3)c(=O)cc2Oc2cccc(Cl)c2)cn1.Cn1cc(-c2cn(-c3ccc(OC(F)(F)F)cc3)c(=O)cc2Oc2ccccc2Cl)cn1.Cn1cc(-c2cn(-c3ccc(OC(F)(F)F)cc3)c(=O)cc2Sc2ccccc2)cn1. The lowest BCUT2D eigenvalue weighted by Crippen LogP contribution is -2.18. The van der Waals surface area contributed by atoms with Crippen LogP contribution in [0.4, 0.5) is 52.7 Å². The van der Waals surface area contributed by atoms with Crippen LogP contribution >= 0.6 is 35.0 Å². The van der Waals surface area contributed by atoms with Crippen LogP contribution in [0.2, 0.25) is 10.0 Å². The van der Waals surface area contributed by atoms with Gasteiger partial charge in [0, 0.05) is 184 Å². The van der Waals surface area contributed by atoms with Crippen LogP contribution in [-0.4, -0.2) is 82.8 Å². The van der Waals surface area contributed by atoms with Gasteiger partial charge in [0.25, 0.3) is 22.2 Å². The highest BCUT2D eigenvalue weighted by Gasteiger charge is 2.34. The molecule has 0 N–H and O–H groups in total. The minimum Gasteiger partial charge on any atom is -0.456 e. The van der Waals surface area contributed by atoms with Gasteiger partial charge >= 0.3 is 25.4 Å². The molecule has 16 rings (SSSR count). The molecular weight excluding hydrogens is 1760 g/mol. The highest BCUT2D eigenvalue weighted by atomic mass is 35.5. The Bertz CT molecular complexity index is 6920. The summed E-state index contributed by atoms with van der Waals surface area (Å²) in [6.07, 6.45) is 0.628. The van der Waals surface area contributed by atoms with Crippen molar-refractivity contribution in [2.75, 3.05) is 0 Å². The van der Waals surface area contributed by atoms with E-state index in [0.717, 1.165) is 57.3 Å². The molecule has 0 fully saturated rings. The molecule has 0 spiro atoms. The number of nitriles is 1. The lowest BCUT2D eigenvalue weighted by molar-refractivity contribution is -0.275. The van der Waals surface area contributed by atoms with E-state index in [1.807, 2.05) is 42.6 Å². The highest BCUT2D eigenvalue weighted by Crippen LogP contribution is 2.41. The summed E-state index contributed by atoms with van der Waals surface area (Å²) in [6, 6.07) is 57.0. The van der Waals surface area contributed by atoms with Gasteiger partial charge in [0.05, 0.1) is 41.4 Å². The molecule has 0 amide bonds. The zero-order valence-corrected chi connectivity index (χ0v) is 68.6. The zero-order valence-electron chi connectivity index (χ0n) is 66.3. The number of nitrogens with zero attached hydrogens (tertiary/aromatic N) is 13. The van der Waals surface area contributed by atoms with Crippen molar-refractivity contribution in [3.63, 3.8) is 0 Å². The number of para-hydroxylation sites is 1. The molecule has 16 aromatic rings. The summed E-state index contributed by atoms with van der Waals surface area (Å²) < 4.78 is 194. The predicted octanol–water partition coefficient (Wildman–Crippen LogP) is 21.3. The summed E-state index contributed by atoms with van der Waals surface area (Å²) >= 11 is 13.7. The molecule has 24 nitrogen and oxygen atoms in total. The third kappa shape index (κ3) is 24.3. The second kappa shape index (κ2) is 38.8. The number of ether oxygens (including phenoxy) is 7. The van der Waals surface area contributed by atoms with E-state index in [0.29, 0.717) is 89.0 Å². The maximum absolute atomic E-state index is 12.9. The van der Waals surface area contributed by atoms with E-state index in [9.17, 15) is 71.9 Å². The maximum atomic E-state index is 12.9. The van der Waals surface area contributed by atoms with Crippen molar-refractivity contribution in [1.82, 2.24) is 57.4 Å². The molecule has 0 saturated heterocycles. The number of rotatable bonds is 20. The first kappa shape index (κ1) is 90.3. The van der Waals surface area contributed by atoms with Gasteiger partial charge in [0.2, 0.25) is 0 Å². The van der Waals surface area contributed by atoms with Crippen LogP contribution in [0.3, 0.4) is 0 Å². The lowest BCUT2D eigenvalue weighted by atomic mass is 10.1. The van der Waals surface area contributed by atoms with E-state index >= 15 is 0 Å². The molecule has 8 aromatic carbocycles. The first-order valence-electron chi connectivity index (χ1n) is 37.1. The largest absolute Gasteiger partial charge is 0.573 e. The summed E-state index contributed by atoms with van der Waals surface area (Å²) in [5.74, 6) is 0.487. The van der Waals surface area contributed by atoms with Crippen LogP contribution in [0, 0.1) is 11.3 Å². The fourth-order valence-electron chi connectivity index (χ4n) is 12.2. The van der Waals surface area contributed by atoms with Crippen molar-refractivity contribution in [3.05, 3.63) is 356 Å². The van der Waals surface area contributed by atoms with Gasteiger partial charge in [-0.15, -0.1) is 52.7 Å². The van der Waals surface area contributed by atoms with Crippen molar-refractivity contribution in [3.8, 4) is 131 Å². The monoisotopic (exact) mass is 1820 g/mol. The minimum absolute atomic E-state index is 0.254. The molecule has 0 aliphatic carbocycles. The number of aryl methyl sites for hydroxylation is 4. The second-order valence-corrected chi connectivity index (χ2v) is 29.0. The Hall–Kier alpha value is -15.4. The summed E-state index contributed by atoms with van der Waals surface area (Å²) in [4.78, 5) is 53.1. The molecular formula is C89H61Cl2F12N13O11S. The molecule has 0 unspecified atom stereocenters. The fourth-order valence-corrected chi connectivity index (χ4v) is 13.5. The van der Waals surface area contributed by atoms with Crippen LogP contribution in [0.1, 0.15) is 5.56 Å². The normalized spacial score (nSPS) is 11.4. The first-order valence-corrected chi connectivity index (χ1v) is 38.7. The van der Waals surface area contributed by atoms with E-state index in [1.165, 1.54) is 127 Å². The fraction of sp³-hybridized carbons (Fsp3) is 0.0899. The van der Waals surface area contributed by atoms with Gasteiger partial charge < -0.3 is 33.2 Å². The van der Waals surface area contributed by atoms with E-state index in [4.69, 9.17) is 42.7 Å². The Kier molecular flexibility index (Phi) is 27.4. The summed E-state index contributed by atoms with van der Waals surface area (Å²) in [6.45, 7) is 0. The Labute approximate surface area is 729 Å².